The number of carbonyl (C=O) groups is 1. The van der Waals surface area contributed by atoms with E-state index in [1.54, 1.807) is 7.05 Å². The molecular formula is C24H32IN5O. The highest BCUT2D eigenvalue weighted by molar-refractivity contribution is 14.0. The minimum Gasteiger partial charge on any atom is -0.361 e. The molecule has 3 aromatic rings. The van der Waals surface area contributed by atoms with Crippen molar-refractivity contribution in [2.24, 2.45) is 10.9 Å². The summed E-state index contributed by atoms with van der Waals surface area (Å²) in [6, 6.07) is 16.2. The van der Waals surface area contributed by atoms with Crippen LogP contribution in [0.1, 0.15) is 31.4 Å². The second kappa shape index (κ2) is 12.3. The van der Waals surface area contributed by atoms with Crippen molar-refractivity contribution in [2.75, 3.05) is 18.9 Å². The molecule has 0 bridgehead atoms. The molecule has 0 fully saturated rings. The lowest BCUT2D eigenvalue weighted by atomic mass is 10.1. The van der Waals surface area contributed by atoms with Gasteiger partial charge in [0.05, 0.1) is 0 Å². The van der Waals surface area contributed by atoms with Gasteiger partial charge in [-0.1, -0.05) is 44.2 Å². The van der Waals surface area contributed by atoms with E-state index >= 15 is 0 Å². The molecule has 166 valence electrons. The summed E-state index contributed by atoms with van der Waals surface area (Å²) in [5.74, 6) is 0.813. The number of amides is 1. The van der Waals surface area contributed by atoms with E-state index in [-0.39, 0.29) is 35.8 Å². The van der Waals surface area contributed by atoms with Crippen molar-refractivity contribution in [2.45, 2.75) is 33.2 Å². The zero-order chi connectivity index (χ0) is 21.3. The van der Waals surface area contributed by atoms with Crippen molar-refractivity contribution in [3.63, 3.8) is 0 Å². The number of aliphatic imine (C=N–C) groups is 1. The fraction of sp³-hybridized carbons (Fsp3) is 0.333. The number of halogens is 1. The number of hydrogen-bond acceptors (Lipinski definition) is 2. The number of aromatic amines is 1. The molecule has 7 heteroatoms. The molecule has 0 spiro atoms. The Kier molecular flexibility index (Phi) is 9.84. The van der Waals surface area contributed by atoms with Gasteiger partial charge >= 0.3 is 0 Å². The maximum atomic E-state index is 12.1. The lowest BCUT2D eigenvalue weighted by Gasteiger charge is -2.13. The van der Waals surface area contributed by atoms with Gasteiger partial charge in [-0.05, 0) is 42.2 Å². The van der Waals surface area contributed by atoms with Gasteiger partial charge < -0.3 is 20.9 Å². The van der Waals surface area contributed by atoms with Gasteiger partial charge in [-0.25, -0.2) is 0 Å². The summed E-state index contributed by atoms with van der Waals surface area (Å²) < 4.78 is 0. The number of nitrogens with zero attached hydrogens (tertiary/aromatic N) is 1. The van der Waals surface area contributed by atoms with Crippen molar-refractivity contribution in [1.82, 2.24) is 15.6 Å². The Morgan fingerprint density at radius 3 is 2.71 bits per heavy atom. The molecule has 4 N–H and O–H groups in total. The first kappa shape index (κ1) is 24.7. The Labute approximate surface area is 201 Å². The maximum absolute atomic E-state index is 12.1. The fourth-order valence-corrected chi connectivity index (χ4v) is 3.27. The predicted octanol–water partition coefficient (Wildman–Crippen LogP) is 4.68. The summed E-state index contributed by atoms with van der Waals surface area (Å²) in [5, 5.41) is 10.9. The van der Waals surface area contributed by atoms with E-state index in [2.05, 4.69) is 50.3 Å². The number of benzene rings is 2. The maximum Gasteiger partial charge on any atom is 0.227 e. The first-order valence-electron chi connectivity index (χ1n) is 10.5. The average molecular weight is 533 g/mol. The van der Waals surface area contributed by atoms with Crippen molar-refractivity contribution < 1.29 is 4.79 Å². The smallest absolute Gasteiger partial charge is 0.227 e. The summed E-state index contributed by atoms with van der Waals surface area (Å²) in [7, 11) is 1.77. The standard InChI is InChI=1S/C24H31N5O.HI/c1-4-17(2)23(30)29-20-9-7-8-18(14-20)15-28-24(25-3)26-13-12-19-16-27-22-11-6-5-10-21(19)22;/h5-11,14,16-17,27H,4,12-13,15H2,1-3H3,(H,29,30)(H2,25,26,28);1H. The van der Waals surface area contributed by atoms with Gasteiger partial charge in [0.2, 0.25) is 5.91 Å². The molecule has 1 aromatic heterocycles. The van der Waals surface area contributed by atoms with E-state index in [4.69, 9.17) is 0 Å². The van der Waals surface area contributed by atoms with Gasteiger partial charge in [-0.3, -0.25) is 9.79 Å². The topological polar surface area (TPSA) is 81.3 Å². The van der Waals surface area contributed by atoms with Crippen molar-refractivity contribution in [3.05, 3.63) is 65.9 Å². The molecule has 1 amide bonds. The molecule has 0 radical (unpaired) electrons. The molecule has 1 unspecified atom stereocenters. The molecule has 0 saturated heterocycles. The highest BCUT2D eigenvalue weighted by atomic mass is 127. The number of H-pyrrole nitrogens is 1. The van der Waals surface area contributed by atoms with Crippen LogP contribution in [0, 0.1) is 5.92 Å². The number of anilines is 1. The summed E-state index contributed by atoms with van der Waals surface area (Å²) in [6.45, 7) is 5.36. The number of guanidine groups is 1. The first-order valence-corrected chi connectivity index (χ1v) is 10.5. The van der Waals surface area contributed by atoms with Gasteiger partial charge in [0.25, 0.3) is 0 Å². The first-order chi connectivity index (χ1) is 14.6. The molecule has 0 saturated carbocycles. The number of carbonyl (C=O) groups excluding carboxylic acids is 1. The number of fused-ring (bicyclic) bond motifs is 1. The minimum absolute atomic E-state index is 0. The van der Waals surface area contributed by atoms with Crippen LogP contribution in [0.3, 0.4) is 0 Å². The van der Waals surface area contributed by atoms with E-state index in [0.29, 0.717) is 6.54 Å². The molecule has 1 atom stereocenters. The Hall–Kier alpha value is -2.55. The number of hydrogen-bond donors (Lipinski definition) is 4. The molecule has 6 nitrogen and oxygen atoms in total. The van der Waals surface area contributed by atoms with Gasteiger partial charge in [0.1, 0.15) is 0 Å². The largest absolute Gasteiger partial charge is 0.361 e. The quantitative estimate of drug-likeness (QED) is 0.193. The second-order valence-corrected chi connectivity index (χ2v) is 7.46. The monoisotopic (exact) mass is 533 g/mol. The number of nitrogens with one attached hydrogen (secondary N) is 4. The van der Waals surface area contributed by atoms with E-state index in [1.165, 1.54) is 10.9 Å². The Morgan fingerprint density at radius 1 is 1.13 bits per heavy atom. The average Bonchev–Trinajstić information content (AvgIpc) is 3.19. The van der Waals surface area contributed by atoms with Crippen LogP contribution in [0.2, 0.25) is 0 Å². The lowest BCUT2D eigenvalue weighted by molar-refractivity contribution is -0.119. The highest BCUT2D eigenvalue weighted by Gasteiger charge is 2.10. The van der Waals surface area contributed by atoms with Gasteiger partial charge in [-0.15, -0.1) is 24.0 Å². The van der Waals surface area contributed by atoms with Crippen molar-refractivity contribution in [1.29, 1.82) is 0 Å². The Morgan fingerprint density at radius 2 is 1.94 bits per heavy atom. The predicted molar refractivity (Wildman–Crippen MR) is 140 cm³/mol. The van der Waals surface area contributed by atoms with E-state index in [1.807, 2.05) is 44.2 Å². The van der Waals surface area contributed by atoms with Gasteiger partial charge in [-0.2, -0.15) is 0 Å². The third-order valence-corrected chi connectivity index (χ3v) is 5.30. The number of rotatable bonds is 8. The second-order valence-electron chi connectivity index (χ2n) is 7.46. The third-order valence-electron chi connectivity index (χ3n) is 5.30. The molecule has 3 rings (SSSR count). The molecule has 1 heterocycles. The molecular weight excluding hydrogens is 501 g/mol. The number of para-hydroxylation sites is 1. The van der Waals surface area contributed by atoms with E-state index in [9.17, 15) is 4.79 Å². The lowest BCUT2D eigenvalue weighted by Crippen LogP contribution is -2.37. The zero-order valence-corrected chi connectivity index (χ0v) is 20.7. The summed E-state index contributed by atoms with van der Waals surface area (Å²) >= 11 is 0. The minimum atomic E-state index is 0. The van der Waals surface area contributed by atoms with Crippen LogP contribution in [-0.2, 0) is 17.8 Å². The zero-order valence-electron chi connectivity index (χ0n) is 18.4. The highest BCUT2D eigenvalue weighted by Crippen LogP contribution is 2.17. The van der Waals surface area contributed by atoms with Crippen LogP contribution in [0.4, 0.5) is 5.69 Å². The van der Waals surface area contributed by atoms with Crippen LogP contribution in [0.5, 0.6) is 0 Å². The van der Waals surface area contributed by atoms with Crippen molar-refractivity contribution >= 4 is 52.4 Å². The third kappa shape index (κ3) is 6.99. The normalized spacial score (nSPS) is 12.2. The van der Waals surface area contributed by atoms with Crippen LogP contribution in [-0.4, -0.2) is 30.4 Å². The Bertz CT molecular complexity index is 1010. The van der Waals surface area contributed by atoms with E-state index < -0.39 is 0 Å². The fourth-order valence-electron chi connectivity index (χ4n) is 3.27. The number of aromatic nitrogens is 1. The summed E-state index contributed by atoms with van der Waals surface area (Å²) in [5.41, 5.74) is 4.35. The molecule has 0 aliphatic heterocycles. The molecule has 0 aliphatic carbocycles. The van der Waals surface area contributed by atoms with Crippen LogP contribution >= 0.6 is 24.0 Å². The van der Waals surface area contributed by atoms with Crippen LogP contribution in [0.25, 0.3) is 10.9 Å². The molecule has 31 heavy (non-hydrogen) atoms. The van der Waals surface area contributed by atoms with Crippen molar-refractivity contribution in [3.8, 4) is 0 Å². The van der Waals surface area contributed by atoms with Crippen LogP contribution < -0.4 is 16.0 Å². The SMILES string of the molecule is CCC(C)C(=O)Nc1cccc(CNC(=NC)NCCc2c[nH]c3ccccc23)c1.I. The summed E-state index contributed by atoms with van der Waals surface area (Å²) in [4.78, 5) is 19.7. The summed E-state index contributed by atoms with van der Waals surface area (Å²) in [6.07, 6.45) is 3.80. The molecule has 2 aromatic carbocycles. The van der Waals surface area contributed by atoms with Crippen LogP contribution in [0.15, 0.2) is 59.7 Å². The van der Waals surface area contributed by atoms with Gasteiger partial charge in [0, 0.05) is 48.8 Å². The molecule has 0 aliphatic rings. The van der Waals surface area contributed by atoms with E-state index in [0.717, 1.165) is 42.1 Å². The Balaban J connectivity index is 0.00000341. The van der Waals surface area contributed by atoms with Gasteiger partial charge in [0.15, 0.2) is 5.96 Å².